The zero-order chi connectivity index (χ0) is 28.5. The van der Waals surface area contributed by atoms with E-state index in [4.69, 9.17) is 4.74 Å². The Balaban J connectivity index is 1.58. The Morgan fingerprint density at radius 1 is 0.825 bits per heavy atom. The van der Waals surface area contributed by atoms with Crippen molar-refractivity contribution in [3.05, 3.63) is 82.9 Å². The van der Waals surface area contributed by atoms with Gasteiger partial charge in [-0.3, -0.25) is 4.79 Å². The normalized spacial score (nSPS) is 16.7. The molecule has 3 aromatic carbocycles. The van der Waals surface area contributed by atoms with Crippen LogP contribution in [0.15, 0.2) is 60.7 Å². The summed E-state index contributed by atoms with van der Waals surface area (Å²) >= 11 is 0. The van der Waals surface area contributed by atoms with Crippen molar-refractivity contribution in [3.8, 4) is 16.9 Å². The number of rotatable bonds is 4. The Labute approximate surface area is 227 Å². The number of alkyl halides is 6. The average molecular weight is 564 g/mol. The van der Waals surface area contributed by atoms with E-state index < -0.39 is 35.9 Å². The first kappa shape index (κ1) is 27.8. The topological polar surface area (TPSA) is 44.8 Å². The molecule has 0 radical (unpaired) electrons. The third-order valence-electron chi connectivity index (χ3n) is 7.01. The van der Waals surface area contributed by atoms with Crippen molar-refractivity contribution >= 4 is 11.6 Å². The van der Waals surface area contributed by atoms with Crippen molar-refractivity contribution < 1.29 is 35.9 Å². The highest BCUT2D eigenvalue weighted by Gasteiger charge is 2.37. The predicted molar refractivity (Wildman–Crippen MR) is 138 cm³/mol. The molecule has 40 heavy (non-hydrogen) atoms. The number of nitrogens with one attached hydrogen (secondary N) is 1. The molecule has 1 fully saturated rings. The maximum Gasteiger partial charge on any atom is 0.416 e. The fourth-order valence-corrected chi connectivity index (χ4v) is 5.07. The number of amides is 1. The van der Waals surface area contributed by atoms with Crippen LogP contribution in [-0.2, 0) is 18.9 Å². The lowest BCUT2D eigenvalue weighted by atomic mass is 9.95. The van der Waals surface area contributed by atoms with Crippen LogP contribution >= 0.6 is 0 Å². The number of carbonyl (C=O) groups excluding carboxylic acids is 1. The first-order valence-corrected chi connectivity index (χ1v) is 12.9. The van der Waals surface area contributed by atoms with E-state index in [9.17, 15) is 31.1 Å². The number of nitrogens with zero attached hydrogens (tertiary/aromatic N) is 2. The van der Waals surface area contributed by atoms with E-state index in [1.54, 1.807) is 6.07 Å². The molecule has 5 rings (SSSR count). The number of halogens is 6. The molecule has 0 unspecified atom stereocenters. The van der Waals surface area contributed by atoms with Crippen molar-refractivity contribution in [2.24, 2.45) is 0 Å². The minimum absolute atomic E-state index is 0.0904. The number of hydrogen-bond acceptors (Lipinski definition) is 4. The second-order valence-electron chi connectivity index (χ2n) is 9.81. The van der Waals surface area contributed by atoms with Crippen LogP contribution < -0.4 is 15.0 Å². The number of benzene rings is 3. The molecule has 0 atom stereocenters. The molecule has 0 bridgehead atoms. The third-order valence-corrected chi connectivity index (χ3v) is 7.01. The summed E-state index contributed by atoms with van der Waals surface area (Å²) in [4.78, 5) is 17.5. The summed E-state index contributed by atoms with van der Waals surface area (Å²) in [7, 11) is 0. The lowest BCUT2D eigenvalue weighted by Gasteiger charge is -2.32. The van der Waals surface area contributed by atoms with Gasteiger partial charge in [-0.05, 0) is 41.8 Å². The van der Waals surface area contributed by atoms with Gasteiger partial charge in [-0.1, -0.05) is 30.3 Å². The van der Waals surface area contributed by atoms with Crippen LogP contribution in [-0.4, -0.2) is 50.1 Å². The molecule has 1 amide bonds. The first-order chi connectivity index (χ1) is 19.0. The highest BCUT2D eigenvalue weighted by molar-refractivity contribution is 6.04. The van der Waals surface area contributed by atoms with Gasteiger partial charge >= 0.3 is 12.4 Å². The zero-order valence-corrected chi connectivity index (χ0v) is 21.4. The summed E-state index contributed by atoms with van der Waals surface area (Å²) < 4.78 is 86.8. The molecule has 1 N–H and O–H groups in total. The number of anilines is 1. The molecule has 1 saturated heterocycles. The summed E-state index contributed by atoms with van der Waals surface area (Å²) in [5.41, 5.74) is -0.649. The molecule has 2 aliphatic heterocycles. The van der Waals surface area contributed by atoms with E-state index in [0.717, 1.165) is 37.4 Å². The molecule has 212 valence electrons. The van der Waals surface area contributed by atoms with Gasteiger partial charge in [-0.25, -0.2) is 0 Å². The fraction of sp³-hybridized carbons (Fsp3) is 0.345. The summed E-state index contributed by atoms with van der Waals surface area (Å²) in [6, 6.07) is 14.3. The smallest absolute Gasteiger partial charge is 0.416 e. The van der Waals surface area contributed by atoms with Crippen molar-refractivity contribution in [3.63, 3.8) is 0 Å². The maximum atomic E-state index is 14.0. The van der Waals surface area contributed by atoms with Crippen molar-refractivity contribution in [1.29, 1.82) is 0 Å². The Morgan fingerprint density at radius 3 is 2.10 bits per heavy atom. The Bertz CT molecular complexity index is 1340. The van der Waals surface area contributed by atoms with E-state index in [-0.39, 0.29) is 30.3 Å². The van der Waals surface area contributed by atoms with Crippen LogP contribution in [0.2, 0.25) is 0 Å². The third kappa shape index (κ3) is 6.04. The van der Waals surface area contributed by atoms with Crippen molar-refractivity contribution in [2.45, 2.75) is 25.3 Å². The highest BCUT2D eigenvalue weighted by atomic mass is 19.4. The molecule has 3 aromatic rings. The summed E-state index contributed by atoms with van der Waals surface area (Å²) in [6.45, 7) is 3.01. The van der Waals surface area contributed by atoms with Crippen LogP contribution in [0.5, 0.6) is 5.75 Å². The average Bonchev–Trinajstić information content (AvgIpc) is 2.93. The minimum Gasteiger partial charge on any atom is -0.493 e. The van der Waals surface area contributed by atoms with Gasteiger partial charge < -0.3 is 19.9 Å². The van der Waals surface area contributed by atoms with E-state index in [1.165, 1.54) is 4.90 Å². The summed E-state index contributed by atoms with van der Waals surface area (Å²) in [6.07, 6.45) is -9.59. The van der Waals surface area contributed by atoms with Crippen molar-refractivity contribution in [1.82, 2.24) is 10.2 Å². The van der Waals surface area contributed by atoms with Crippen LogP contribution in [0.1, 0.15) is 33.5 Å². The largest absolute Gasteiger partial charge is 0.493 e. The lowest BCUT2D eigenvalue weighted by molar-refractivity contribution is -0.143. The van der Waals surface area contributed by atoms with E-state index in [2.05, 4.69) is 10.2 Å². The quantitative estimate of drug-likeness (QED) is 0.383. The lowest BCUT2D eigenvalue weighted by Crippen LogP contribution is -2.43. The van der Waals surface area contributed by atoms with Crippen LogP contribution in [0.25, 0.3) is 11.1 Å². The van der Waals surface area contributed by atoms with Gasteiger partial charge in [0.15, 0.2) is 0 Å². The minimum atomic E-state index is -4.97. The van der Waals surface area contributed by atoms with Gasteiger partial charge in [0.25, 0.3) is 5.91 Å². The summed E-state index contributed by atoms with van der Waals surface area (Å²) in [5.74, 6) is -0.184. The van der Waals surface area contributed by atoms with E-state index in [1.807, 2.05) is 36.4 Å². The monoisotopic (exact) mass is 563 g/mol. The van der Waals surface area contributed by atoms with Gasteiger partial charge in [-0.15, -0.1) is 0 Å². The maximum absolute atomic E-state index is 14.0. The number of carbonyl (C=O) groups is 1. The first-order valence-electron chi connectivity index (χ1n) is 12.9. The molecule has 2 aliphatic rings. The van der Waals surface area contributed by atoms with Gasteiger partial charge in [-0.2, -0.15) is 26.3 Å². The Morgan fingerprint density at radius 2 is 1.48 bits per heavy atom. The van der Waals surface area contributed by atoms with Crippen molar-refractivity contribution in [2.75, 3.05) is 44.2 Å². The molecule has 11 heteroatoms. The molecule has 0 spiro atoms. The predicted octanol–water partition coefficient (Wildman–Crippen LogP) is 6.23. The van der Waals surface area contributed by atoms with Crippen LogP contribution in [0.3, 0.4) is 0 Å². The van der Waals surface area contributed by atoms with E-state index >= 15 is 0 Å². The molecule has 0 aromatic heterocycles. The number of piperazine rings is 1. The molecule has 0 saturated carbocycles. The molecular formula is C29H27F6N3O2. The van der Waals surface area contributed by atoms with Gasteiger partial charge in [0.2, 0.25) is 0 Å². The van der Waals surface area contributed by atoms with Gasteiger partial charge in [0, 0.05) is 56.6 Å². The SMILES string of the molecule is O=C1c2c(cc(N3CCNCC3)cc2-c2ccccc2)OCCCN1Cc1cc(C(F)(F)F)cc(C(F)(F)F)c1. The Kier molecular flexibility index (Phi) is 7.67. The highest BCUT2D eigenvalue weighted by Crippen LogP contribution is 2.39. The number of fused-ring (bicyclic) bond motifs is 1. The zero-order valence-electron chi connectivity index (χ0n) is 21.4. The Hall–Kier alpha value is -3.73. The molecule has 2 heterocycles. The van der Waals surface area contributed by atoms with Gasteiger partial charge in [0.05, 0.1) is 23.3 Å². The molecular weight excluding hydrogens is 536 g/mol. The number of hydrogen-bond donors (Lipinski definition) is 1. The van der Waals surface area contributed by atoms with Crippen LogP contribution in [0.4, 0.5) is 32.0 Å². The van der Waals surface area contributed by atoms with Crippen LogP contribution in [0, 0.1) is 0 Å². The second-order valence-corrected chi connectivity index (χ2v) is 9.81. The van der Waals surface area contributed by atoms with E-state index in [0.29, 0.717) is 29.9 Å². The number of ether oxygens (including phenoxy) is 1. The standard InChI is InChI=1S/C29H27F6N3O2/c30-28(31,32)21-13-19(14-22(15-21)29(33,34)35)18-38-9-4-12-40-25-17-23(37-10-7-36-8-11-37)16-24(26(25)27(38)39)20-5-2-1-3-6-20/h1-3,5-6,13-17,36H,4,7-12,18H2. The fourth-order valence-electron chi connectivity index (χ4n) is 5.07. The second kappa shape index (κ2) is 11.0. The summed E-state index contributed by atoms with van der Waals surface area (Å²) in [5, 5.41) is 3.30. The molecule has 5 nitrogen and oxygen atoms in total. The molecule has 0 aliphatic carbocycles. The van der Waals surface area contributed by atoms with Gasteiger partial charge in [0.1, 0.15) is 5.75 Å².